The zero-order valence-electron chi connectivity index (χ0n) is 10.5. The summed E-state index contributed by atoms with van der Waals surface area (Å²) in [5.74, 6) is 0.680. The molecule has 16 heavy (non-hydrogen) atoms. The fourth-order valence-corrected chi connectivity index (χ4v) is 2.16. The third kappa shape index (κ3) is 4.54. The van der Waals surface area contributed by atoms with Crippen molar-refractivity contribution in [2.75, 3.05) is 6.54 Å². The second-order valence-corrected chi connectivity index (χ2v) is 5.01. The molecule has 1 unspecified atom stereocenters. The fraction of sp³-hybridized carbons (Fsp3) is 0.571. The Hall–Kier alpha value is -0.530. The molecule has 0 heterocycles. The van der Waals surface area contributed by atoms with E-state index in [0.29, 0.717) is 12.0 Å². The Morgan fingerprint density at radius 1 is 1.31 bits per heavy atom. The molecule has 2 heteroatoms. The van der Waals surface area contributed by atoms with E-state index in [2.05, 4.69) is 38.2 Å². The first-order valence-electron chi connectivity index (χ1n) is 6.11. The summed E-state index contributed by atoms with van der Waals surface area (Å²) in [5.41, 5.74) is 1.33. The highest BCUT2D eigenvalue weighted by molar-refractivity contribution is 6.30. The molecule has 0 aliphatic carbocycles. The number of rotatable bonds is 6. The molecule has 0 aliphatic rings. The van der Waals surface area contributed by atoms with Crippen molar-refractivity contribution in [3.05, 3.63) is 34.9 Å². The highest BCUT2D eigenvalue weighted by Gasteiger charge is 2.11. The van der Waals surface area contributed by atoms with Crippen molar-refractivity contribution in [2.24, 2.45) is 5.92 Å². The van der Waals surface area contributed by atoms with Gasteiger partial charge < -0.3 is 5.32 Å². The van der Waals surface area contributed by atoms with Crippen LogP contribution in [0.15, 0.2) is 24.3 Å². The first kappa shape index (κ1) is 13.5. The lowest BCUT2D eigenvalue weighted by Crippen LogP contribution is -2.34. The van der Waals surface area contributed by atoms with Gasteiger partial charge in [-0.15, -0.1) is 0 Å². The van der Waals surface area contributed by atoms with Gasteiger partial charge in [-0.2, -0.15) is 0 Å². The predicted molar refractivity (Wildman–Crippen MR) is 72.1 cm³/mol. The van der Waals surface area contributed by atoms with Gasteiger partial charge in [0.15, 0.2) is 0 Å². The van der Waals surface area contributed by atoms with E-state index >= 15 is 0 Å². The number of halogens is 1. The van der Waals surface area contributed by atoms with Gasteiger partial charge in [0, 0.05) is 11.1 Å². The van der Waals surface area contributed by atoms with Crippen LogP contribution in [0.2, 0.25) is 5.02 Å². The topological polar surface area (TPSA) is 12.0 Å². The highest BCUT2D eigenvalue weighted by Crippen LogP contribution is 2.15. The standard InChI is InChI=1S/C14H22ClN/c1-4-16-14(11(2)3)9-8-12-6-5-7-13(15)10-12/h5-7,10-11,14,16H,4,8-9H2,1-3H3. The molecule has 1 nitrogen and oxygen atoms in total. The Morgan fingerprint density at radius 2 is 2.06 bits per heavy atom. The van der Waals surface area contributed by atoms with Crippen LogP contribution >= 0.6 is 11.6 Å². The van der Waals surface area contributed by atoms with E-state index in [0.717, 1.165) is 18.0 Å². The number of hydrogen-bond donors (Lipinski definition) is 1. The van der Waals surface area contributed by atoms with Gasteiger partial charge in [-0.1, -0.05) is 44.5 Å². The third-order valence-corrected chi connectivity index (χ3v) is 3.14. The average Bonchev–Trinajstić information content (AvgIpc) is 2.24. The molecule has 0 saturated heterocycles. The smallest absolute Gasteiger partial charge is 0.0408 e. The van der Waals surface area contributed by atoms with Gasteiger partial charge in [0.2, 0.25) is 0 Å². The van der Waals surface area contributed by atoms with Gasteiger partial charge in [0.05, 0.1) is 0 Å². The van der Waals surface area contributed by atoms with Gasteiger partial charge >= 0.3 is 0 Å². The lowest BCUT2D eigenvalue weighted by atomic mass is 9.96. The van der Waals surface area contributed by atoms with Crippen LogP contribution in [-0.4, -0.2) is 12.6 Å². The number of aryl methyl sites for hydroxylation is 1. The van der Waals surface area contributed by atoms with Crippen LogP contribution in [0.3, 0.4) is 0 Å². The van der Waals surface area contributed by atoms with Gasteiger partial charge in [-0.25, -0.2) is 0 Å². The van der Waals surface area contributed by atoms with Crippen molar-refractivity contribution >= 4 is 11.6 Å². The summed E-state index contributed by atoms with van der Waals surface area (Å²) in [7, 11) is 0. The molecular weight excluding hydrogens is 218 g/mol. The molecule has 0 spiro atoms. The third-order valence-electron chi connectivity index (χ3n) is 2.90. The lowest BCUT2D eigenvalue weighted by Gasteiger charge is -2.21. The van der Waals surface area contributed by atoms with E-state index in [1.165, 1.54) is 12.0 Å². The van der Waals surface area contributed by atoms with E-state index < -0.39 is 0 Å². The molecule has 1 aromatic carbocycles. The van der Waals surface area contributed by atoms with Crippen LogP contribution in [-0.2, 0) is 6.42 Å². The van der Waals surface area contributed by atoms with Crippen LogP contribution in [0, 0.1) is 5.92 Å². The molecule has 0 radical (unpaired) electrons. The van der Waals surface area contributed by atoms with Crippen molar-refractivity contribution in [1.29, 1.82) is 0 Å². The SMILES string of the molecule is CCNC(CCc1cccc(Cl)c1)C(C)C. The van der Waals surface area contributed by atoms with Crippen LogP contribution in [0.1, 0.15) is 32.8 Å². The summed E-state index contributed by atoms with van der Waals surface area (Å²) < 4.78 is 0. The van der Waals surface area contributed by atoms with Gasteiger partial charge in [0.25, 0.3) is 0 Å². The second kappa shape index (κ2) is 6.93. The van der Waals surface area contributed by atoms with E-state index in [9.17, 15) is 0 Å². The Morgan fingerprint density at radius 3 is 2.62 bits per heavy atom. The molecule has 0 aromatic heterocycles. The minimum absolute atomic E-state index is 0.601. The molecule has 1 atom stereocenters. The lowest BCUT2D eigenvalue weighted by molar-refractivity contribution is 0.385. The van der Waals surface area contributed by atoms with E-state index in [-0.39, 0.29) is 0 Å². The summed E-state index contributed by atoms with van der Waals surface area (Å²) in [5, 5.41) is 4.37. The van der Waals surface area contributed by atoms with Crippen molar-refractivity contribution < 1.29 is 0 Å². The van der Waals surface area contributed by atoms with Crippen LogP contribution < -0.4 is 5.32 Å². The molecule has 1 aromatic rings. The first-order valence-corrected chi connectivity index (χ1v) is 6.49. The fourth-order valence-electron chi connectivity index (χ4n) is 1.95. The normalized spacial score (nSPS) is 13.1. The van der Waals surface area contributed by atoms with Gasteiger partial charge in [-0.05, 0) is 43.0 Å². The summed E-state index contributed by atoms with van der Waals surface area (Å²) in [6.45, 7) is 7.74. The number of nitrogens with one attached hydrogen (secondary N) is 1. The van der Waals surface area contributed by atoms with Crippen LogP contribution in [0.25, 0.3) is 0 Å². The van der Waals surface area contributed by atoms with Crippen LogP contribution in [0.5, 0.6) is 0 Å². The largest absolute Gasteiger partial charge is 0.314 e. The first-order chi connectivity index (χ1) is 7.63. The summed E-state index contributed by atoms with van der Waals surface area (Å²) in [4.78, 5) is 0. The Labute approximate surface area is 104 Å². The van der Waals surface area contributed by atoms with Gasteiger partial charge in [-0.3, -0.25) is 0 Å². The number of benzene rings is 1. The molecule has 1 N–H and O–H groups in total. The highest BCUT2D eigenvalue weighted by atomic mass is 35.5. The summed E-state index contributed by atoms with van der Waals surface area (Å²) in [6.07, 6.45) is 2.27. The van der Waals surface area contributed by atoms with Gasteiger partial charge in [0.1, 0.15) is 0 Å². The Kier molecular flexibility index (Phi) is 5.86. The molecule has 0 amide bonds. The Balaban J connectivity index is 2.48. The minimum atomic E-state index is 0.601. The molecule has 0 aliphatic heterocycles. The molecule has 0 saturated carbocycles. The zero-order valence-corrected chi connectivity index (χ0v) is 11.2. The maximum Gasteiger partial charge on any atom is 0.0408 e. The monoisotopic (exact) mass is 239 g/mol. The predicted octanol–water partition coefficient (Wildman–Crippen LogP) is 3.91. The van der Waals surface area contributed by atoms with E-state index in [1.807, 2.05) is 12.1 Å². The van der Waals surface area contributed by atoms with Crippen molar-refractivity contribution in [3.8, 4) is 0 Å². The molecular formula is C14H22ClN. The van der Waals surface area contributed by atoms with E-state index in [4.69, 9.17) is 11.6 Å². The molecule has 0 fully saturated rings. The molecule has 0 bridgehead atoms. The van der Waals surface area contributed by atoms with E-state index in [1.54, 1.807) is 0 Å². The molecule has 90 valence electrons. The van der Waals surface area contributed by atoms with Crippen molar-refractivity contribution in [3.63, 3.8) is 0 Å². The minimum Gasteiger partial charge on any atom is -0.314 e. The Bertz CT molecular complexity index is 309. The second-order valence-electron chi connectivity index (χ2n) is 4.58. The summed E-state index contributed by atoms with van der Waals surface area (Å²) >= 11 is 5.97. The quantitative estimate of drug-likeness (QED) is 0.794. The average molecular weight is 240 g/mol. The number of hydrogen-bond acceptors (Lipinski definition) is 1. The maximum absolute atomic E-state index is 5.97. The molecule has 1 rings (SSSR count). The van der Waals surface area contributed by atoms with Crippen molar-refractivity contribution in [2.45, 2.75) is 39.7 Å². The van der Waals surface area contributed by atoms with Crippen LogP contribution in [0.4, 0.5) is 0 Å². The maximum atomic E-state index is 5.97. The zero-order chi connectivity index (χ0) is 12.0. The summed E-state index contributed by atoms with van der Waals surface area (Å²) in [6, 6.07) is 8.76. The van der Waals surface area contributed by atoms with Crippen molar-refractivity contribution in [1.82, 2.24) is 5.32 Å².